The summed E-state index contributed by atoms with van der Waals surface area (Å²) in [6.07, 6.45) is 5.24. The molecule has 1 heterocycles. The molecular weight excluding hydrogens is 196 g/mol. The fourth-order valence-corrected chi connectivity index (χ4v) is 1.84. The van der Waals surface area contributed by atoms with Crippen LogP contribution in [0.1, 0.15) is 25.7 Å². The number of nitrogens with one attached hydrogen (secondary N) is 2. The average molecular weight is 216 g/mol. The standard InChI is InChI=1S/C9H20N4S/c10-12-9(14)11-5-4-8-13-6-2-1-3-7-13/h1-8,10H2,(H2,11,12,14). The van der Waals surface area contributed by atoms with Gasteiger partial charge in [-0.3, -0.25) is 0 Å². The lowest BCUT2D eigenvalue weighted by Crippen LogP contribution is -2.41. The average Bonchev–Trinajstić information content (AvgIpc) is 2.25. The van der Waals surface area contributed by atoms with Gasteiger partial charge in [0.05, 0.1) is 0 Å². The normalized spacial score (nSPS) is 17.8. The van der Waals surface area contributed by atoms with E-state index >= 15 is 0 Å². The van der Waals surface area contributed by atoms with E-state index in [4.69, 9.17) is 18.1 Å². The number of rotatable bonds is 4. The fraction of sp³-hybridized carbons (Fsp3) is 0.889. The number of likely N-dealkylation sites (tertiary alicyclic amines) is 1. The Morgan fingerprint density at radius 1 is 1.29 bits per heavy atom. The monoisotopic (exact) mass is 216 g/mol. The summed E-state index contributed by atoms with van der Waals surface area (Å²) in [6.45, 7) is 4.60. The van der Waals surface area contributed by atoms with Gasteiger partial charge in [-0.25, -0.2) is 5.84 Å². The lowest BCUT2D eigenvalue weighted by molar-refractivity contribution is 0.227. The summed E-state index contributed by atoms with van der Waals surface area (Å²) < 4.78 is 0. The summed E-state index contributed by atoms with van der Waals surface area (Å²) in [5, 5.41) is 3.57. The molecule has 1 rings (SSSR count). The molecule has 14 heavy (non-hydrogen) atoms. The van der Waals surface area contributed by atoms with E-state index in [-0.39, 0.29) is 0 Å². The van der Waals surface area contributed by atoms with Gasteiger partial charge in [0.15, 0.2) is 5.11 Å². The number of piperidine rings is 1. The molecule has 0 aromatic rings. The minimum absolute atomic E-state index is 0.531. The third kappa shape index (κ3) is 4.74. The van der Waals surface area contributed by atoms with E-state index in [1.165, 1.54) is 38.9 Å². The summed E-state index contributed by atoms with van der Waals surface area (Å²) in [5.74, 6) is 5.13. The van der Waals surface area contributed by atoms with Gasteiger partial charge in [0, 0.05) is 6.54 Å². The van der Waals surface area contributed by atoms with Gasteiger partial charge in [0.25, 0.3) is 0 Å². The van der Waals surface area contributed by atoms with Gasteiger partial charge in [-0.2, -0.15) is 0 Å². The molecule has 4 nitrogen and oxygen atoms in total. The van der Waals surface area contributed by atoms with Crippen molar-refractivity contribution >= 4 is 17.3 Å². The maximum Gasteiger partial charge on any atom is 0.180 e. The Kier molecular flexibility index (Phi) is 5.82. The number of hydrogen-bond donors (Lipinski definition) is 3. The van der Waals surface area contributed by atoms with Crippen LogP contribution in [0.15, 0.2) is 0 Å². The Labute approximate surface area is 91.2 Å². The van der Waals surface area contributed by atoms with Crippen molar-refractivity contribution in [3.63, 3.8) is 0 Å². The molecule has 1 saturated heterocycles. The largest absolute Gasteiger partial charge is 0.362 e. The zero-order valence-corrected chi connectivity index (χ0v) is 9.41. The number of hydrazine groups is 1. The second-order valence-electron chi connectivity index (χ2n) is 3.66. The minimum Gasteiger partial charge on any atom is -0.362 e. The summed E-state index contributed by atoms with van der Waals surface area (Å²) in [6, 6.07) is 0. The van der Waals surface area contributed by atoms with Crippen LogP contribution in [0.25, 0.3) is 0 Å². The molecular formula is C9H20N4S. The van der Waals surface area contributed by atoms with Crippen LogP contribution in [0.5, 0.6) is 0 Å². The lowest BCUT2D eigenvalue weighted by Gasteiger charge is -2.26. The lowest BCUT2D eigenvalue weighted by atomic mass is 10.1. The molecule has 0 bridgehead atoms. The molecule has 0 aromatic carbocycles. The molecule has 1 aliphatic rings. The van der Waals surface area contributed by atoms with Crippen LogP contribution in [-0.2, 0) is 0 Å². The van der Waals surface area contributed by atoms with Gasteiger partial charge in [-0.1, -0.05) is 6.42 Å². The van der Waals surface area contributed by atoms with Gasteiger partial charge in [-0.05, 0) is 51.1 Å². The molecule has 0 aromatic heterocycles. The predicted octanol–water partition coefficient (Wildman–Crippen LogP) is 0.200. The van der Waals surface area contributed by atoms with Gasteiger partial charge in [0.1, 0.15) is 0 Å². The van der Waals surface area contributed by atoms with Crippen molar-refractivity contribution in [2.75, 3.05) is 26.2 Å². The van der Waals surface area contributed by atoms with Crippen molar-refractivity contribution in [3.8, 4) is 0 Å². The van der Waals surface area contributed by atoms with Gasteiger partial charge < -0.3 is 15.6 Å². The summed E-state index contributed by atoms with van der Waals surface area (Å²) in [4.78, 5) is 2.52. The first-order chi connectivity index (χ1) is 6.83. The van der Waals surface area contributed by atoms with E-state index in [1.54, 1.807) is 0 Å². The highest BCUT2D eigenvalue weighted by atomic mass is 32.1. The molecule has 1 aliphatic heterocycles. The molecule has 0 atom stereocenters. The van der Waals surface area contributed by atoms with Crippen molar-refractivity contribution in [2.24, 2.45) is 5.84 Å². The Morgan fingerprint density at radius 3 is 2.64 bits per heavy atom. The first-order valence-corrected chi connectivity index (χ1v) is 5.70. The minimum atomic E-state index is 0.531. The first-order valence-electron chi connectivity index (χ1n) is 5.30. The highest BCUT2D eigenvalue weighted by Crippen LogP contribution is 2.08. The van der Waals surface area contributed by atoms with Crippen molar-refractivity contribution in [1.82, 2.24) is 15.6 Å². The maximum atomic E-state index is 5.13. The Balaban J connectivity index is 1.94. The zero-order chi connectivity index (χ0) is 10.2. The second kappa shape index (κ2) is 6.98. The molecule has 0 saturated carbocycles. The summed E-state index contributed by atoms with van der Waals surface area (Å²) in [5.41, 5.74) is 2.41. The van der Waals surface area contributed by atoms with Crippen molar-refractivity contribution in [1.29, 1.82) is 0 Å². The van der Waals surface area contributed by atoms with Gasteiger partial charge >= 0.3 is 0 Å². The number of hydrogen-bond acceptors (Lipinski definition) is 3. The molecule has 0 unspecified atom stereocenters. The molecule has 0 aliphatic carbocycles. The zero-order valence-electron chi connectivity index (χ0n) is 8.59. The Hall–Kier alpha value is -0.390. The van der Waals surface area contributed by atoms with Crippen molar-refractivity contribution < 1.29 is 0 Å². The van der Waals surface area contributed by atoms with Crippen LogP contribution in [0.4, 0.5) is 0 Å². The molecule has 82 valence electrons. The van der Waals surface area contributed by atoms with E-state index in [1.807, 2.05) is 0 Å². The highest BCUT2D eigenvalue weighted by molar-refractivity contribution is 7.80. The van der Waals surface area contributed by atoms with E-state index < -0.39 is 0 Å². The highest BCUT2D eigenvalue weighted by Gasteiger charge is 2.08. The smallest absolute Gasteiger partial charge is 0.180 e. The second-order valence-corrected chi connectivity index (χ2v) is 4.06. The Bertz CT molecular complexity index is 168. The molecule has 1 fully saturated rings. The van der Waals surface area contributed by atoms with Crippen LogP contribution in [-0.4, -0.2) is 36.2 Å². The molecule has 5 heteroatoms. The number of thiocarbonyl (C=S) groups is 1. The molecule has 0 amide bonds. The van der Waals surface area contributed by atoms with Crippen LogP contribution < -0.4 is 16.6 Å². The number of nitrogens with zero attached hydrogens (tertiary/aromatic N) is 1. The van der Waals surface area contributed by atoms with Gasteiger partial charge in [-0.15, -0.1) is 0 Å². The van der Waals surface area contributed by atoms with Crippen LogP contribution in [0.2, 0.25) is 0 Å². The Morgan fingerprint density at radius 2 is 2.00 bits per heavy atom. The first kappa shape index (κ1) is 11.7. The van der Waals surface area contributed by atoms with E-state index in [0.717, 1.165) is 13.0 Å². The third-order valence-electron chi connectivity index (χ3n) is 2.52. The number of nitrogens with two attached hydrogens (primary N) is 1. The van der Waals surface area contributed by atoms with E-state index in [2.05, 4.69) is 15.6 Å². The van der Waals surface area contributed by atoms with E-state index in [0.29, 0.717) is 5.11 Å². The summed E-state index contributed by atoms with van der Waals surface area (Å²) in [7, 11) is 0. The molecule has 4 N–H and O–H groups in total. The SMILES string of the molecule is NNC(=S)NCCCN1CCCCC1. The predicted molar refractivity (Wildman–Crippen MR) is 62.8 cm³/mol. The fourth-order valence-electron chi connectivity index (χ4n) is 1.74. The van der Waals surface area contributed by atoms with Crippen LogP contribution in [0, 0.1) is 0 Å². The van der Waals surface area contributed by atoms with Gasteiger partial charge in [0.2, 0.25) is 0 Å². The maximum absolute atomic E-state index is 5.13. The molecule has 0 radical (unpaired) electrons. The topological polar surface area (TPSA) is 53.3 Å². The summed E-state index contributed by atoms with van der Waals surface area (Å²) >= 11 is 4.86. The molecule has 0 spiro atoms. The van der Waals surface area contributed by atoms with Crippen LogP contribution >= 0.6 is 12.2 Å². The third-order valence-corrected chi connectivity index (χ3v) is 2.78. The van der Waals surface area contributed by atoms with Crippen LogP contribution in [0.3, 0.4) is 0 Å². The quantitative estimate of drug-likeness (QED) is 0.271. The van der Waals surface area contributed by atoms with Crippen molar-refractivity contribution in [3.05, 3.63) is 0 Å². The van der Waals surface area contributed by atoms with E-state index in [9.17, 15) is 0 Å². The van der Waals surface area contributed by atoms with Crippen molar-refractivity contribution in [2.45, 2.75) is 25.7 Å².